The van der Waals surface area contributed by atoms with Crippen molar-refractivity contribution in [3.05, 3.63) is 22.4 Å². The van der Waals surface area contributed by atoms with Gasteiger partial charge in [0.15, 0.2) is 0 Å². The molecule has 1 aliphatic heterocycles. The fourth-order valence-corrected chi connectivity index (χ4v) is 4.46. The lowest BCUT2D eigenvalue weighted by Crippen LogP contribution is -2.50. The first-order chi connectivity index (χ1) is 9.43. The number of carbonyl (C=O) groups is 2. The second-order valence-corrected chi connectivity index (χ2v) is 7.19. The lowest BCUT2D eigenvalue weighted by atomic mass is 10.1. The zero-order valence-electron chi connectivity index (χ0n) is 11.4. The summed E-state index contributed by atoms with van der Waals surface area (Å²) in [4.78, 5) is 26.2. The van der Waals surface area contributed by atoms with Crippen LogP contribution >= 0.6 is 23.1 Å². The number of nitrogens with two attached hydrogens (primary N) is 1. The molecule has 1 fully saturated rings. The molecule has 5 nitrogen and oxygen atoms in total. The van der Waals surface area contributed by atoms with E-state index in [-0.39, 0.29) is 17.2 Å². The molecule has 0 spiro atoms. The molecule has 7 heteroatoms. The van der Waals surface area contributed by atoms with E-state index in [0.717, 1.165) is 4.88 Å². The first kappa shape index (κ1) is 15.3. The van der Waals surface area contributed by atoms with Crippen molar-refractivity contribution in [3.8, 4) is 0 Å². The van der Waals surface area contributed by atoms with Crippen molar-refractivity contribution < 1.29 is 14.7 Å². The van der Waals surface area contributed by atoms with Gasteiger partial charge in [0.1, 0.15) is 12.1 Å². The molecule has 0 radical (unpaired) electrons. The van der Waals surface area contributed by atoms with Crippen LogP contribution in [0.5, 0.6) is 0 Å². The molecule has 3 atom stereocenters. The van der Waals surface area contributed by atoms with Crippen LogP contribution in [0, 0.1) is 5.92 Å². The number of rotatable bonds is 4. The van der Waals surface area contributed by atoms with Crippen LogP contribution in [0.3, 0.4) is 0 Å². The highest BCUT2D eigenvalue weighted by molar-refractivity contribution is 8.00. The van der Waals surface area contributed by atoms with Crippen molar-refractivity contribution in [2.75, 3.05) is 5.75 Å². The number of carbonyl (C=O) groups excluding carboxylic acids is 1. The summed E-state index contributed by atoms with van der Waals surface area (Å²) >= 11 is 2.92. The van der Waals surface area contributed by atoms with E-state index in [1.807, 2.05) is 25.3 Å². The van der Waals surface area contributed by atoms with Crippen LogP contribution in [0.15, 0.2) is 17.5 Å². The van der Waals surface area contributed by atoms with Gasteiger partial charge >= 0.3 is 5.97 Å². The molecule has 0 aromatic carbocycles. The van der Waals surface area contributed by atoms with Gasteiger partial charge in [-0.25, -0.2) is 4.79 Å². The van der Waals surface area contributed by atoms with E-state index in [1.165, 1.54) is 28.0 Å². The van der Waals surface area contributed by atoms with Gasteiger partial charge in [-0.3, -0.25) is 4.79 Å². The molecule has 3 unspecified atom stereocenters. The largest absolute Gasteiger partial charge is 0.480 e. The summed E-state index contributed by atoms with van der Waals surface area (Å²) in [6.07, 6.45) is 0. The molecule has 0 saturated carbocycles. The third-order valence-corrected chi connectivity index (χ3v) is 5.84. The van der Waals surface area contributed by atoms with Crippen LogP contribution in [-0.4, -0.2) is 39.1 Å². The highest BCUT2D eigenvalue weighted by atomic mass is 32.2. The van der Waals surface area contributed by atoms with E-state index in [2.05, 4.69) is 0 Å². The average molecular weight is 314 g/mol. The van der Waals surface area contributed by atoms with E-state index in [9.17, 15) is 14.7 Å². The van der Waals surface area contributed by atoms with Gasteiger partial charge in [0.2, 0.25) is 5.91 Å². The van der Waals surface area contributed by atoms with Crippen molar-refractivity contribution in [2.24, 2.45) is 11.7 Å². The molecule has 1 aliphatic rings. The lowest BCUT2D eigenvalue weighted by Gasteiger charge is -2.31. The fourth-order valence-electron chi connectivity index (χ4n) is 2.26. The number of amides is 1. The van der Waals surface area contributed by atoms with Gasteiger partial charge in [-0.15, -0.1) is 23.1 Å². The van der Waals surface area contributed by atoms with Crippen LogP contribution in [0.25, 0.3) is 0 Å². The predicted molar refractivity (Wildman–Crippen MR) is 80.6 cm³/mol. The van der Waals surface area contributed by atoms with E-state index in [1.54, 1.807) is 6.07 Å². The van der Waals surface area contributed by atoms with Gasteiger partial charge in [0, 0.05) is 10.6 Å². The normalized spacial score (nSPS) is 24.1. The zero-order valence-corrected chi connectivity index (χ0v) is 13.0. The third-order valence-electron chi connectivity index (χ3n) is 3.26. The van der Waals surface area contributed by atoms with E-state index >= 15 is 0 Å². The fraction of sp³-hybridized carbons (Fsp3) is 0.538. The quantitative estimate of drug-likeness (QED) is 0.885. The molecule has 1 aromatic heterocycles. The standard InChI is InChI=1S/C13H18N2O3S2/c1-7(2)12-15(8(6-20-12)13(17)18)11(16)10(14)9-4-3-5-19-9/h3-5,7-8,10,12H,6,14H2,1-2H3,(H,17,18). The number of thioether (sulfide) groups is 1. The summed E-state index contributed by atoms with van der Waals surface area (Å²) in [5.41, 5.74) is 6.00. The third kappa shape index (κ3) is 2.84. The molecule has 0 aliphatic carbocycles. The van der Waals surface area contributed by atoms with E-state index in [4.69, 9.17) is 5.73 Å². The summed E-state index contributed by atoms with van der Waals surface area (Å²) < 4.78 is 0. The highest BCUT2D eigenvalue weighted by Crippen LogP contribution is 2.36. The number of nitrogens with zero attached hydrogens (tertiary/aromatic N) is 1. The first-order valence-electron chi connectivity index (χ1n) is 6.39. The molecule has 1 aromatic rings. The van der Waals surface area contributed by atoms with Crippen LogP contribution in [0.1, 0.15) is 24.8 Å². The van der Waals surface area contributed by atoms with Gasteiger partial charge in [-0.2, -0.15) is 0 Å². The number of aliphatic carboxylic acids is 1. The number of hydrogen-bond acceptors (Lipinski definition) is 5. The number of thiophene rings is 1. The van der Waals surface area contributed by atoms with Crippen molar-refractivity contribution in [1.29, 1.82) is 0 Å². The van der Waals surface area contributed by atoms with Gasteiger partial charge in [0.05, 0.1) is 5.37 Å². The van der Waals surface area contributed by atoms with Crippen LogP contribution in [0.2, 0.25) is 0 Å². The molecular weight excluding hydrogens is 296 g/mol. The molecule has 3 N–H and O–H groups in total. The Balaban J connectivity index is 2.25. The topological polar surface area (TPSA) is 83.6 Å². The Labute approximate surface area is 126 Å². The summed E-state index contributed by atoms with van der Waals surface area (Å²) in [5, 5.41) is 11.0. The Hall–Kier alpha value is -1.05. The summed E-state index contributed by atoms with van der Waals surface area (Å²) in [7, 11) is 0. The maximum Gasteiger partial charge on any atom is 0.327 e. The highest BCUT2D eigenvalue weighted by Gasteiger charge is 2.44. The van der Waals surface area contributed by atoms with Crippen molar-refractivity contribution >= 4 is 35.0 Å². The van der Waals surface area contributed by atoms with E-state index in [0.29, 0.717) is 5.75 Å². The molecule has 110 valence electrons. The van der Waals surface area contributed by atoms with Gasteiger partial charge in [-0.05, 0) is 17.4 Å². The van der Waals surface area contributed by atoms with Gasteiger partial charge in [0.25, 0.3) is 0 Å². The van der Waals surface area contributed by atoms with Crippen LogP contribution in [0.4, 0.5) is 0 Å². The number of hydrogen-bond donors (Lipinski definition) is 2. The second-order valence-electron chi connectivity index (χ2n) is 5.06. The summed E-state index contributed by atoms with van der Waals surface area (Å²) in [6.45, 7) is 3.97. The minimum absolute atomic E-state index is 0.130. The molecule has 2 heterocycles. The summed E-state index contributed by atoms with van der Waals surface area (Å²) in [6, 6.07) is 2.07. The van der Waals surface area contributed by atoms with E-state index < -0.39 is 18.1 Å². The Morgan fingerprint density at radius 3 is 2.70 bits per heavy atom. The lowest BCUT2D eigenvalue weighted by molar-refractivity contribution is -0.150. The molecule has 20 heavy (non-hydrogen) atoms. The molecule has 0 bridgehead atoms. The maximum atomic E-state index is 12.6. The Morgan fingerprint density at radius 2 is 2.20 bits per heavy atom. The molecular formula is C13H18N2O3S2. The maximum absolute atomic E-state index is 12.6. The number of carboxylic acid groups (broad SMARTS) is 1. The Bertz CT molecular complexity index is 490. The first-order valence-corrected chi connectivity index (χ1v) is 8.32. The zero-order chi connectivity index (χ0) is 14.9. The molecule has 2 rings (SSSR count). The SMILES string of the molecule is CC(C)C1SCC(C(=O)O)N1C(=O)C(N)c1cccs1. The Morgan fingerprint density at radius 1 is 1.50 bits per heavy atom. The van der Waals surface area contributed by atoms with Crippen LogP contribution in [-0.2, 0) is 9.59 Å². The average Bonchev–Trinajstić information content (AvgIpc) is 3.05. The van der Waals surface area contributed by atoms with Crippen molar-refractivity contribution in [3.63, 3.8) is 0 Å². The minimum atomic E-state index is -0.965. The smallest absolute Gasteiger partial charge is 0.327 e. The number of carboxylic acids is 1. The monoisotopic (exact) mass is 314 g/mol. The molecule has 1 saturated heterocycles. The summed E-state index contributed by atoms with van der Waals surface area (Å²) in [5.74, 6) is -0.666. The van der Waals surface area contributed by atoms with Gasteiger partial charge in [-0.1, -0.05) is 19.9 Å². The van der Waals surface area contributed by atoms with Crippen molar-refractivity contribution in [2.45, 2.75) is 31.3 Å². The van der Waals surface area contributed by atoms with Gasteiger partial charge < -0.3 is 15.7 Å². The minimum Gasteiger partial charge on any atom is -0.480 e. The van der Waals surface area contributed by atoms with Crippen LogP contribution < -0.4 is 5.73 Å². The Kier molecular flexibility index (Phi) is 4.72. The second kappa shape index (κ2) is 6.15. The van der Waals surface area contributed by atoms with Crippen molar-refractivity contribution in [1.82, 2.24) is 4.90 Å². The molecule has 1 amide bonds. The predicted octanol–water partition coefficient (Wildman–Crippen LogP) is 1.76.